The van der Waals surface area contributed by atoms with Gasteiger partial charge in [-0.15, -0.1) is 0 Å². The van der Waals surface area contributed by atoms with Gasteiger partial charge in [-0.1, -0.05) is 37.6 Å². The molecule has 0 aliphatic carbocycles. The van der Waals surface area contributed by atoms with Crippen molar-refractivity contribution >= 4 is 5.91 Å². The van der Waals surface area contributed by atoms with Gasteiger partial charge in [0.15, 0.2) is 0 Å². The maximum absolute atomic E-state index is 11.6. The zero-order chi connectivity index (χ0) is 13.4. The Morgan fingerprint density at radius 3 is 2.72 bits per heavy atom. The minimum atomic E-state index is 0.0730. The van der Waals surface area contributed by atoms with Crippen LogP contribution in [0.1, 0.15) is 43.9 Å². The fourth-order valence-corrected chi connectivity index (χ4v) is 1.90. The van der Waals surface area contributed by atoms with Crippen molar-refractivity contribution in [2.45, 2.75) is 39.7 Å². The second kappa shape index (κ2) is 7.88. The van der Waals surface area contributed by atoms with Gasteiger partial charge in [-0.2, -0.15) is 0 Å². The molecule has 0 aliphatic rings. The second-order valence-electron chi connectivity index (χ2n) is 4.66. The molecule has 0 aromatic heterocycles. The van der Waals surface area contributed by atoms with Crippen LogP contribution in [0.15, 0.2) is 24.3 Å². The van der Waals surface area contributed by atoms with Crippen molar-refractivity contribution in [3.63, 3.8) is 0 Å². The number of rotatable bonds is 7. The lowest BCUT2D eigenvalue weighted by Crippen LogP contribution is -2.35. The maximum Gasteiger partial charge on any atom is 0.233 e. The van der Waals surface area contributed by atoms with E-state index >= 15 is 0 Å². The maximum atomic E-state index is 11.6. The van der Waals surface area contributed by atoms with E-state index in [4.69, 9.17) is 0 Å². The molecule has 0 fully saturated rings. The van der Waals surface area contributed by atoms with Crippen LogP contribution in [0, 0.1) is 6.92 Å². The van der Waals surface area contributed by atoms with Crippen molar-refractivity contribution in [1.82, 2.24) is 10.6 Å². The summed E-state index contributed by atoms with van der Waals surface area (Å²) < 4.78 is 0. The summed E-state index contributed by atoms with van der Waals surface area (Å²) in [5.74, 6) is 0.0730. The fraction of sp³-hybridized carbons (Fsp3) is 0.533. The molecule has 0 bridgehead atoms. The third-order valence-electron chi connectivity index (χ3n) is 3.08. The normalized spacial score (nSPS) is 12.2. The van der Waals surface area contributed by atoms with Crippen LogP contribution in [0.5, 0.6) is 0 Å². The standard InChI is InChI=1S/C15H24N2O/c1-4-5-10-16-15(18)11-17-13(3)14-9-7-6-8-12(14)2/h6-9,13,17H,4-5,10-11H2,1-3H3,(H,16,18)/t13-/m0/s1. The number of benzene rings is 1. The van der Waals surface area contributed by atoms with E-state index < -0.39 is 0 Å². The highest BCUT2D eigenvalue weighted by Gasteiger charge is 2.08. The van der Waals surface area contributed by atoms with Gasteiger partial charge in [0, 0.05) is 12.6 Å². The Balaban J connectivity index is 2.35. The number of carbonyl (C=O) groups excluding carboxylic acids is 1. The van der Waals surface area contributed by atoms with Crippen LogP contribution in [0.3, 0.4) is 0 Å². The van der Waals surface area contributed by atoms with Gasteiger partial charge in [0.2, 0.25) is 5.91 Å². The number of unbranched alkanes of at least 4 members (excludes halogenated alkanes) is 1. The smallest absolute Gasteiger partial charge is 0.233 e. The minimum Gasteiger partial charge on any atom is -0.355 e. The summed E-state index contributed by atoms with van der Waals surface area (Å²) in [6.07, 6.45) is 2.15. The predicted octanol–water partition coefficient (Wildman–Crippen LogP) is 2.56. The Labute approximate surface area is 110 Å². The van der Waals surface area contributed by atoms with Crippen LogP contribution in [-0.2, 0) is 4.79 Å². The summed E-state index contributed by atoms with van der Waals surface area (Å²) in [6.45, 7) is 7.44. The van der Waals surface area contributed by atoms with Crippen LogP contribution in [-0.4, -0.2) is 19.0 Å². The van der Waals surface area contributed by atoms with E-state index in [-0.39, 0.29) is 11.9 Å². The number of aryl methyl sites for hydroxylation is 1. The van der Waals surface area contributed by atoms with E-state index in [1.807, 2.05) is 12.1 Å². The van der Waals surface area contributed by atoms with Gasteiger partial charge in [0.1, 0.15) is 0 Å². The molecule has 3 nitrogen and oxygen atoms in total. The van der Waals surface area contributed by atoms with E-state index in [9.17, 15) is 4.79 Å². The first-order valence-electron chi connectivity index (χ1n) is 6.70. The zero-order valence-electron chi connectivity index (χ0n) is 11.6. The highest BCUT2D eigenvalue weighted by molar-refractivity contribution is 5.78. The minimum absolute atomic E-state index is 0.0730. The SMILES string of the molecule is CCCCNC(=O)CN[C@@H](C)c1ccccc1C. The number of hydrogen-bond donors (Lipinski definition) is 2. The molecule has 100 valence electrons. The molecular weight excluding hydrogens is 224 g/mol. The summed E-state index contributed by atoms with van der Waals surface area (Å²) >= 11 is 0. The molecule has 2 N–H and O–H groups in total. The molecule has 0 saturated carbocycles. The highest BCUT2D eigenvalue weighted by Crippen LogP contribution is 2.15. The van der Waals surface area contributed by atoms with Crippen LogP contribution < -0.4 is 10.6 Å². The summed E-state index contributed by atoms with van der Waals surface area (Å²) in [6, 6.07) is 8.45. The topological polar surface area (TPSA) is 41.1 Å². The van der Waals surface area contributed by atoms with Crippen molar-refractivity contribution in [3.05, 3.63) is 35.4 Å². The van der Waals surface area contributed by atoms with Crippen molar-refractivity contribution in [2.75, 3.05) is 13.1 Å². The molecule has 0 spiro atoms. The molecular formula is C15H24N2O. The lowest BCUT2D eigenvalue weighted by atomic mass is 10.0. The lowest BCUT2D eigenvalue weighted by Gasteiger charge is -2.16. The Hall–Kier alpha value is -1.35. The van der Waals surface area contributed by atoms with E-state index in [0.717, 1.165) is 19.4 Å². The Morgan fingerprint density at radius 2 is 2.06 bits per heavy atom. The first-order chi connectivity index (χ1) is 8.65. The number of carbonyl (C=O) groups is 1. The van der Waals surface area contributed by atoms with E-state index in [2.05, 4.69) is 43.5 Å². The monoisotopic (exact) mass is 248 g/mol. The molecule has 1 aromatic carbocycles. The van der Waals surface area contributed by atoms with Crippen molar-refractivity contribution in [3.8, 4) is 0 Å². The van der Waals surface area contributed by atoms with Crippen LogP contribution >= 0.6 is 0 Å². The number of nitrogens with one attached hydrogen (secondary N) is 2. The summed E-state index contributed by atoms with van der Waals surface area (Å²) in [7, 11) is 0. The average molecular weight is 248 g/mol. The molecule has 0 heterocycles. The largest absolute Gasteiger partial charge is 0.355 e. The Morgan fingerprint density at radius 1 is 1.33 bits per heavy atom. The molecule has 3 heteroatoms. The van der Waals surface area contributed by atoms with Crippen molar-refractivity contribution < 1.29 is 4.79 Å². The highest BCUT2D eigenvalue weighted by atomic mass is 16.1. The van der Waals surface area contributed by atoms with Gasteiger partial charge >= 0.3 is 0 Å². The molecule has 0 unspecified atom stereocenters. The third-order valence-corrected chi connectivity index (χ3v) is 3.08. The molecule has 1 rings (SSSR count). The van der Waals surface area contributed by atoms with Crippen LogP contribution in [0.25, 0.3) is 0 Å². The average Bonchev–Trinajstić information content (AvgIpc) is 2.37. The Kier molecular flexibility index (Phi) is 6.44. The van der Waals surface area contributed by atoms with Gasteiger partial charge in [0.25, 0.3) is 0 Å². The predicted molar refractivity (Wildman–Crippen MR) is 75.5 cm³/mol. The summed E-state index contributed by atoms with van der Waals surface area (Å²) in [5.41, 5.74) is 2.50. The molecule has 0 radical (unpaired) electrons. The molecule has 1 atom stereocenters. The Bertz CT molecular complexity index is 377. The van der Waals surface area contributed by atoms with Crippen molar-refractivity contribution in [2.24, 2.45) is 0 Å². The molecule has 1 amide bonds. The fourth-order valence-electron chi connectivity index (χ4n) is 1.90. The van der Waals surface area contributed by atoms with E-state index in [0.29, 0.717) is 6.54 Å². The number of hydrogen-bond acceptors (Lipinski definition) is 2. The molecule has 0 aliphatic heterocycles. The molecule has 0 saturated heterocycles. The van der Waals surface area contributed by atoms with Gasteiger partial charge < -0.3 is 10.6 Å². The summed E-state index contributed by atoms with van der Waals surface area (Å²) in [5, 5.41) is 6.16. The van der Waals surface area contributed by atoms with Crippen LogP contribution in [0.4, 0.5) is 0 Å². The first-order valence-corrected chi connectivity index (χ1v) is 6.70. The van der Waals surface area contributed by atoms with Gasteiger partial charge in [-0.3, -0.25) is 4.79 Å². The molecule has 18 heavy (non-hydrogen) atoms. The van der Waals surface area contributed by atoms with Gasteiger partial charge in [0.05, 0.1) is 6.54 Å². The van der Waals surface area contributed by atoms with E-state index in [1.165, 1.54) is 11.1 Å². The van der Waals surface area contributed by atoms with E-state index in [1.54, 1.807) is 0 Å². The number of amides is 1. The summed E-state index contributed by atoms with van der Waals surface area (Å²) in [4.78, 5) is 11.6. The van der Waals surface area contributed by atoms with Gasteiger partial charge in [-0.05, 0) is 31.4 Å². The first kappa shape index (κ1) is 14.7. The van der Waals surface area contributed by atoms with Gasteiger partial charge in [-0.25, -0.2) is 0 Å². The zero-order valence-corrected chi connectivity index (χ0v) is 11.6. The molecule has 1 aromatic rings. The quantitative estimate of drug-likeness (QED) is 0.728. The van der Waals surface area contributed by atoms with Crippen LogP contribution in [0.2, 0.25) is 0 Å². The lowest BCUT2D eigenvalue weighted by molar-refractivity contribution is -0.120. The third kappa shape index (κ3) is 4.88. The second-order valence-corrected chi connectivity index (χ2v) is 4.66. The van der Waals surface area contributed by atoms with Crippen molar-refractivity contribution in [1.29, 1.82) is 0 Å².